The van der Waals surface area contributed by atoms with E-state index in [-0.39, 0.29) is 0 Å². The Bertz CT molecular complexity index is 934. The maximum absolute atomic E-state index is 4.44. The normalized spacial score (nSPS) is 11.3. The van der Waals surface area contributed by atoms with E-state index < -0.39 is 0 Å². The number of hydrazone groups is 1. The molecule has 0 aromatic heterocycles. The number of hydrogen-bond acceptors (Lipinski definition) is 2. The molecule has 0 heterocycles. The molecule has 0 radical (unpaired) electrons. The summed E-state index contributed by atoms with van der Waals surface area (Å²) in [7, 11) is 0. The second kappa shape index (κ2) is 5.93. The van der Waals surface area contributed by atoms with Crippen LogP contribution in [0.25, 0.3) is 21.5 Å². The predicted molar refractivity (Wildman–Crippen MR) is 99.1 cm³/mol. The highest BCUT2D eigenvalue weighted by atomic mass is 15.3. The summed E-state index contributed by atoms with van der Waals surface area (Å²) in [5.41, 5.74) is 5.21. The molecule has 4 aromatic rings. The molecule has 0 fully saturated rings. The molecule has 23 heavy (non-hydrogen) atoms. The second-order valence-corrected chi connectivity index (χ2v) is 5.47. The standard InChI is InChI=1S/C21H16N2/c1-2-10-18(11-3-1)23-22-15-21-19-12-6-4-8-16(19)14-17-9-5-7-13-20(17)21/h1-15,23H/b22-15-. The van der Waals surface area contributed by atoms with E-state index in [2.05, 4.69) is 65.1 Å². The summed E-state index contributed by atoms with van der Waals surface area (Å²) in [4.78, 5) is 0. The highest BCUT2D eigenvalue weighted by Gasteiger charge is 2.05. The fraction of sp³-hybridized carbons (Fsp3) is 0. The summed E-state index contributed by atoms with van der Waals surface area (Å²) < 4.78 is 0. The van der Waals surface area contributed by atoms with E-state index in [0.29, 0.717) is 0 Å². The van der Waals surface area contributed by atoms with Gasteiger partial charge in [0.05, 0.1) is 11.9 Å². The Morgan fingerprint density at radius 1 is 0.652 bits per heavy atom. The minimum atomic E-state index is 0.980. The second-order valence-electron chi connectivity index (χ2n) is 5.47. The van der Waals surface area contributed by atoms with Crippen molar-refractivity contribution in [3.63, 3.8) is 0 Å². The lowest BCUT2D eigenvalue weighted by Crippen LogP contribution is -1.93. The molecule has 0 bridgehead atoms. The van der Waals surface area contributed by atoms with Crippen LogP contribution in [0.15, 0.2) is 90.0 Å². The minimum absolute atomic E-state index is 0.980. The van der Waals surface area contributed by atoms with Crippen LogP contribution >= 0.6 is 0 Å². The van der Waals surface area contributed by atoms with Crippen LogP contribution in [0.5, 0.6) is 0 Å². The van der Waals surface area contributed by atoms with E-state index in [1.807, 2.05) is 36.5 Å². The van der Waals surface area contributed by atoms with Crippen LogP contribution in [-0.4, -0.2) is 6.21 Å². The SMILES string of the molecule is C(=N/Nc1ccccc1)/c1c2ccccc2cc2ccccc12. The van der Waals surface area contributed by atoms with E-state index in [0.717, 1.165) is 11.3 Å². The average Bonchev–Trinajstić information content (AvgIpc) is 2.62. The van der Waals surface area contributed by atoms with Gasteiger partial charge in [-0.25, -0.2) is 0 Å². The molecule has 0 spiro atoms. The molecule has 2 heteroatoms. The number of fused-ring (bicyclic) bond motifs is 2. The van der Waals surface area contributed by atoms with Gasteiger partial charge in [-0.15, -0.1) is 0 Å². The molecule has 0 atom stereocenters. The molecular weight excluding hydrogens is 280 g/mol. The smallest absolute Gasteiger partial charge is 0.0561 e. The van der Waals surface area contributed by atoms with E-state index in [1.54, 1.807) is 0 Å². The summed E-state index contributed by atoms with van der Waals surface area (Å²) in [6, 6.07) is 29.1. The van der Waals surface area contributed by atoms with Crippen LogP contribution in [0, 0.1) is 0 Å². The summed E-state index contributed by atoms with van der Waals surface area (Å²) in [5.74, 6) is 0. The molecule has 0 aliphatic heterocycles. The van der Waals surface area contributed by atoms with Gasteiger partial charge in [-0.05, 0) is 39.7 Å². The van der Waals surface area contributed by atoms with E-state index in [1.165, 1.54) is 21.5 Å². The fourth-order valence-corrected chi connectivity index (χ4v) is 2.87. The predicted octanol–water partition coefficient (Wildman–Crippen LogP) is 5.44. The van der Waals surface area contributed by atoms with Crippen LogP contribution < -0.4 is 5.43 Å². The molecule has 0 saturated carbocycles. The molecule has 0 unspecified atom stereocenters. The molecule has 0 aliphatic carbocycles. The van der Waals surface area contributed by atoms with Crippen LogP contribution in [0.4, 0.5) is 5.69 Å². The van der Waals surface area contributed by atoms with Gasteiger partial charge in [0, 0.05) is 5.56 Å². The van der Waals surface area contributed by atoms with Crippen LogP contribution in [0.3, 0.4) is 0 Å². The van der Waals surface area contributed by atoms with Gasteiger partial charge in [0.15, 0.2) is 0 Å². The number of para-hydroxylation sites is 1. The molecule has 2 nitrogen and oxygen atoms in total. The molecule has 110 valence electrons. The summed E-state index contributed by atoms with van der Waals surface area (Å²) in [5, 5.41) is 9.32. The lowest BCUT2D eigenvalue weighted by molar-refractivity contribution is 1.35. The first kappa shape index (κ1) is 13.5. The third-order valence-electron chi connectivity index (χ3n) is 3.97. The van der Waals surface area contributed by atoms with Crippen LogP contribution in [0.1, 0.15) is 5.56 Å². The number of nitrogens with zero attached hydrogens (tertiary/aromatic N) is 1. The number of anilines is 1. The Kier molecular flexibility index (Phi) is 3.49. The van der Waals surface area contributed by atoms with E-state index in [4.69, 9.17) is 0 Å². The molecule has 1 N–H and O–H groups in total. The summed E-state index contributed by atoms with van der Waals surface area (Å²) in [6.07, 6.45) is 1.91. The third-order valence-corrected chi connectivity index (χ3v) is 3.97. The molecule has 0 amide bonds. The van der Waals surface area contributed by atoms with Crippen molar-refractivity contribution < 1.29 is 0 Å². The lowest BCUT2D eigenvalue weighted by Gasteiger charge is -2.08. The number of rotatable bonds is 3. The van der Waals surface area contributed by atoms with Crippen molar-refractivity contribution in [1.29, 1.82) is 0 Å². The zero-order valence-electron chi connectivity index (χ0n) is 12.6. The van der Waals surface area contributed by atoms with Crippen molar-refractivity contribution in [2.75, 3.05) is 5.43 Å². The molecule has 0 aliphatic rings. The Morgan fingerprint density at radius 3 is 1.87 bits per heavy atom. The lowest BCUT2D eigenvalue weighted by atomic mass is 9.97. The van der Waals surface area contributed by atoms with E-state index >= 15 is 0 Å². The number of benzene rings is 4. The number of hydrogen-bond donors (Lipinski definition) is 1. The zero-order valence-corrected chi connectivity index (χ0v) is 12.6. The monoisotopic (exact) mass is 296 g/mol. The van der Waals surface area contributed by atoms with Crippen LogP contribution in [0.2, 0.25) is 0 Å². The van der Waals surface area contributed by atoms with E-state index in [9.17, 15) is 0 Å². The van der Waals surface area contributed by atoms with Gasteiger partial charge >= 0.3 is 0 Å². The van der Waals surface area contributed by atoms with Crippen molar-refractivity contribution in [2.45, 2.75) is 0 Å². The Hall–Kier alpha value is -3.13. The van der Waals surface area contributed by atoms with Gasteiger partial charge in [-0.1, -0.05) is 66.7 Å². The molecule has 4 rings (SSSR count). The molecule has 4 aromatic carbocycles. The van der Waals surface area contributed by atoms with Gasteiger partial charge in [0.25, 0.3) is 0 Å². The average molecular weight is 296 g/mol. The van der Waals surface area contributed by atoms with Gasteiger partial charge in [0.1, 0.15) is 0 Å². The fourth-order valence-electron chi connectivity index (χ4n) is 2.87. The first-order valence-corrected chi connectivity index (χ1v) is 7.66. The summed E-state index contributed by atoms with van der Waals surface area (Å²) >= 11 is 0. The highest BCUT2D eigenvalue weighted by molar-refractivity contribution is 6.13. The van der Waals surface area contributed by atoms with Crippen molar-refractivity contribution in [2.24, 2.45) is 5.10 Å². The van der Waals surface area contributed by atoms with Gasteiger partial charge in [-0.2, -0.15) is 5.10 Å². The van der Waals surface area contributed by atoms with Crippen molar-refractivity contribution in [1.82, 2.24) is 0 Å². The number of nitrogens with one attached hydrogen (secondary N) is 1. The molecular formula is C21H16N2. The Balaban J connectivity index is 1.83. The van der Waals surface area contributed by atoms with Crippen molar-refractivity contribution in [3.05, 3.63) is 90.5 Å². The quantitative estimate of drug-likeness (QED) is 0.304. The first-order valence-electron chi connectivity index (χ1n) is 7.66. The zero-order chi connectivity index (χ0) is 15.5. The van der Waals surface area contributed by atoms with Crippen molar-refractivity contribution in [3.8, 4) is 0 Å². The topological polar surface area (TPSA) is 24.4 Å². The Labute approximate surface area is 135 Å². The van der Waals surface area contributed by atoms with Gasteiger partial charge in [-0.3, -0.25) is 5.43 Å². The summed E-state index contributed by atoms with van der Waals surface area (Å²) in [6.45, 7) is 0. The maximum Gasteiger partial charge on any atom is 0.0561 e. The molecule has 0 saturated heterocycles. The Morgan fingerprint density at radius 2 is 1.22 bits per heavy atom. The maximum atomic E-state index is 4.44. The highest BCUT2D eigenvalue weighted by Crippen LogP contribution is 2.27. The van der Waals surface area contributed by atoms with Gasteiger partial charge < -0.3 is 0 Å². The minimum Gasteiger partial charge on any atom is -0.279 e. The largest absolute Gasteiger partial charge is 0.279 e. The van der Waals surface area contributed by atoms with Gasteiger partial charge in [0.2, 0.25) is 0 Å². The van der Waals surface area contributed by atoms with Crippen LogP contribution in [-0.2, 0) is 0 Å². The van der Waals surface area contributed by atoms with Crippen molar-refractivity contribution >= 4 is 33.4 Å². The third kappa shape index (κ3) is 2.67. The first-order chi connectivity index (χ1) is 11.4.